The van der Waals surface area contributed by atoms with E-state index in [-0.39, 0.29) is 6.10 Å². The molecule has 4 nitrogen and oxygen atoms in total. The summed E-state index contributed by atoms with van der Waals surface area (Å²) in [6.45, 7) is 5.22. The van der Waals surface area contributed by atoms with Gasteiger partial charge in [-0.15, -0.1) is 0 Å². The van der Waals surface area contributed by atoms with Crippen molar-refractivity contribution in [2.24, 2.45) is 0 Å². The summed E-state index contributed by atoms with van der Waals surface area (Å²) >= 11 is -1.51. The molecule has 11 heavy (non-hydrogen) atoms. The van der Waals surface area contributed by atoms with E-state index >= 15 is 0 Å². The molecule has 5 heteroatoms. The molecule has 0 amide bonds. The highest BCUT2D eigenvalue weighted by Gasteiger charge is 2.22. The van der Waals surface area contributed by atoms with Crippen molar-refractivity contribution in [3.05, 3.63) is 0 Å². The zero-order chi connectivity index (χ0) is 8.27. The summed E-state index contributed by atoms with van der Waals surface area (Å²) in [6, 6.07) is 0.424. The lowest BCUT2D eigenvalue weighted by Crippen LogP contribution is -2.32. The van der Waals surface area contributed by atoms with Crippen LogP contribution in [0.4, 0.5) is 0 Å². The Bertz CT molecular complexity index is 151. The van der Waals surface area contributed by atoms with E-state index in [0.29, 0.717) is 19.2 Å². The van der Waals surface area contributed by atoms with Crippen LogP contribution in [0.1, 0.15) is 13.8 Å². The largest absolute Gasteiger partial charge is 0.312 e. The van der Waals surface area contributed by atoms with E-state index in [1.54, 1.807) is 0 Å². The van der Waals surface area contributed by atoms with Gasteiger partial charge in [0.05, 0.1) is 6.61 Å². The predicted molar refractivity (Wildman–Crippen MR) is 42.1 cm³/mol. The van der Waals surface area contributed by atoms with Crippen LogP contribution < -0.4 is 5.32 Å². The second kappa shape index (κ2) is 4.15. The third kappa shape index (κ3) is 3.29. The van der Waals surface area contributed by atoms with Crippen LogP contribution in [0.5, 0.6) is 0 Å². The van der Waals surface area contributed by atoms with Gasteiger partial charge in [-0.1, -0.05) is 13.8 Å². The molecule has 0 aromatic carbocycles. The van der Waals surface area contributed by atoms with Crippen LogP contribution in [0.15, 0.2) is 0 Å². The summed E-state index contributed by atoms with van der Waals surface area (Å²) in [5.41, 5.74) is 0. The van der Waals surface area contributed by atoms with E-state index in [1.165, 1.54) is 0 Å². The fraction of sp³-hybridized carbons (Fsp3) is 1.00. The number of hydrogen-bond acceptors (Lipinski definition) is 4. The topological polar surface area (TPSA) is 47.6 Å². The SMILES string of the molecule is CC(C)NCC1COS(=O)O1. The fourth-order valence-corrected chi connectivity index (χ4v) is 1.42. The molecule has 0 radical (unpaired) electrons. The molecule has 1 N–H and O–H groups in total. The Morgan fingerprint density at radius 3 is 2.91 bits per heavy atom. The zero-order valence-electron chi connectivity index (χ0n) is 6.70. The molecule has 2 atom stereocenters. The van der Waals surface area contributed by atoms with Gasteiger partial charge in [0, 0.05) is 12.6 Å². The van der Waals surface area contributed by atoms with Crippen molar-refractivity contribution in [1.29, 1.82) is 0 Å². The Morgan fingerprint density at radius 2 is 2.45 bits per heavy atom. The van der Waals surface area contributed by atoms with E-state index in [4.69, 9.17) is 8.37 Å². The molecule has 0 aromatic rings. The van der Waals surface area contributed by atoms with Gasteiger partial charge in [-0.2, -0.15) is 4.21 Å². The second-order valence-corrected chi connectivity index (χ2v) is 3.61. The Kier molecular flexibility index (Phi) is 3.45. The van der Waals surface area contributed by atoms with E-state index in [1.807, 2.05) is 13.8 Å². The molecule has 1 saturated heterocycles. The summed E-state index contributed by atoms with van der Waals surface area (Å²) in [7, 11) is 0. The van der Waals surface area contributed by atoms with Gasteiger partial charge < -0.3 is 5.32 Å². The standard InChI is InChI=1S/C6H13NO3S/c1-5(2)7-3-6-4-9-11(8)10-6/h5-7H,3-4H2,1-2H3. The Labute approximate surface area is 69.1 Å². The lowest BCUT2D eigenvalue weighted by Gasteiger charge is -2.09. The summed E-state index contributed by atoms with van der Waals surface area (Å²) in [5.74, 6) is 0. The van der Waals surface area contributed by atoms with E-state index < -0.39 is 11.4 Å². The molecule has 1 aliphatic heterocycles. The minimum atomic E-state index is -1.51. The molecular weight excluding hydrogens is 166 g/mol. The molecule has 2 unspecified atom stereocenters. The molecule has 0 bridgehead atoms. The van der Waals surface area contributed by atoms with Gasteiger partial charge in [-0.05, 0) is 0 Å². The molecule has 0 saturated carbocycles. The van der Waals surface area contributed by atoms with Gasteiger partial charge in [0.15, 0.2) is 0 Å². The third-order valence-electron chi connectivity index (χ3n) is 1.32. The summed E-state index contributed by atoms with van der Waals surface area (Å²) in [5, 5.41) is 3.17. The Morgan fingerprint density at radius 1 is 1.73 bits per heavy atom. The quantitative estimate of drug-likeness (QED) is 0.661. The molecule has 1 aliphatic rings. The van der Waals surface area contributed by atoms with Crippen molar-refractivity contribution in [3.8, 4) is 0 Å². The highest BCUT2D eigenvalue weighted by Crippen LogP contribution is 2.07. The summed E-state index contributed by atoms with van der Waals surface area (Å²) in [6.07, 6.45) is -0.0572. The molecule has 1 heterocycles. The Balaban J connectivity index is 2.13. The van der Waals surface area contributed by atoms with Gasteiger partial charge in [0.1, 0.15) is 6.10 Å². The van der Waals surface area contributed by atoms with Crippen LogP contribution in [-0.4, -0.2) is 29.5 Å². The van der Waals surface area contributed by atoms with Gasteiger partial charge in [0.2, 0.25) is 0 Å². The molecule has 1 rings (SSSR count). The number of hydrogen-bond donors (Lipinski definition) is 1. The predicted octanol–water partition coefficient (Wildman–Crippen LogP) is -0.0215. The van der Waals surface area contributed by atoms with E-state index in [0.717, 1.165) is 0 Å². The molecule has 1 fully saturated rings. The number of nitrogens with one attached hydrogen (secondary N) is 1. The lowest BCUT2D eigenvalue weighted by molar-refractivity contribution is 0.229. The summed E-state index contributed by atoms with van der Waals surface area (Å²) < 4.78 is 20.1. The van der Waals surface area contributed by atoms with E-state index in [9.17, 15) is 4.21 Å². The van der Waals surface area contributed by atoms with Crippen LogP contribution in [0.3, 0.4) is 0 Å². The van der Waals surface area contributed by atoms with Crippen LogP contribution >= 0.6 is 0 Å². The van der Waals surface area contributed by atoms with Crippen molar-refractivity contribution >= 4 is 11.4 Å². The first-order valence-electron chi connectivity index (χ1n) is 3.64. The highest BCUT2D eigenvalue weighted by molar-refractivity contribution is 7.75. The van der Waals surface area contributed by atoms with Gasteiger partial charge in [-0.25, -0.2) is 0 Å². The minimum Gasteiger partial charge on any atom is -0.312 e. The van der Waals surface area contributed by atoms with E-state index in [2.05, 4.69) is 5.32 Å². The van der Waals surface area contributed by atoms with Crippen LogP contribution in [0.25, 0.3) is 0 Å². The number of rotatable bonds is 3. The third-order valence-corrected chi connectivity index (χ3v) is 2.08. The van der Waals surface area contributed by atoms with Crippen molar-refractivity contribution in [3.63, 3.8) is 0 Å². The highest BCUT2D eigenvalue weighted by atomic mass is 32.2. The van der Waals surface area contributed by atoms with Crippen molar-refractivity contribution in [2.75, 3.05) is 13.2 Å². The molecule has 0 aliphatic carbocycles. The molecule has 66 valence electrons. The normalized spacial score (nSPS) is 31.5. The van der Waals surface area contributed by atoms with Crippen LogP contribution in [0, 0.1) is 0 Å². The smallest absolute Gasteiger partial charge is 0.305 e. The van der Waals surface area contributed by atoms with Crippen LogP contribution in [-0.2, 0) is 19.7 Å². The van der Waals surface area contributed by atoms with Gasteiger partial charge in [-0.3, -0.25) is 8.37 Å². The maximum atomic E-state index is 10.5. The molecular formula is C6H13NO3S. The first-order valence-corrected chi connectivity index (χ1v) is 4.64. The van der Waals surface area contributed by atoms with Gasteiger partial charge >= 0.3 is 11.4 Å². The molecule has 0 spiro atoms. The zero-order valence-corrected chi connectivity index (χ0v) is 7.52. The van der Waals surface area contributed by atoms with Gasteiger partial charge in [0.25, 0.3) is 0 Å². The van der Waals surface area contributed by atoms with Crippen molar-refractivity contribution in [2.45, 2.75) is 26.0 Å². The van der Waals surface area contributed by atoms with Crippen molar-refractivity contribution in [1.82, 2.24) is 5.32 Å². The minimum absolute atomic E-state index is 0.0572. The first kappa shape index (κ1) is 9.12. The first-order chi connectivity index (χ1) is 5.18. The summed E-state index contributed by atoms with van der Waals surface area (Å²) in [4.78, 5) is 0. The van der Waals surface area contributed by atoms with Crippen molar-refractivity contribution < 1.29 is 12.6 Å². The maximum Gasteiger partial charge on any atom is 0.305 e. The average molecular weight is 179 g/mol. The van der Waals surface area contributed by atoms with Crippen LogP contribution in [0.2, 0.25) is 0 Å². The monoisotopic (exact) mass is 179 g/mol. The Hall–Kier alpha value is 0.0300. The maximum absolute atomic E-state index is 10.5. The fourth-order valence-electron chi connectivity index (χ4n) is 0.758. The lowest BCUT2D eigenvalue weighted by atomic mass is 10.3. The average Bonchev–Trinajstić information content (AvgIpc) is 2.31. The molecule has 0 aromatic heterocycles. The second-order valence-electron chi connectivity index (χ2n) is 2.77.